The third-order valence-corrected chi connectivity index (χ3v) is 2.78. The van der Waals surface area contributed by atoms with Crippen molar-refractivity contribution in [3.05, 3.63) is 28.0 Å². The second-order valence-corrected chi connectivity index (χ2v) is 4.54. The quantitative estimate of drug-likeness (QED) is 0.674. The molecule has 0 fully saturated rings. The van der Waals surface area contributed by atoms with E-state index in [4.69, 9.17) is 5.11 Å². The summed E-state index contributed by atoms with van der Waals surface area (Å²) < 4.78 is 54.1. The van der Waals surface area contributed by atoms with Crippen molar-refractivity contribution in [1.29, 1.82) is 0 Å². The number of rotatable bonds is 4. The van der Waals surface area contributed by atoms with Gasteiger partial charge in [-0.25, -0.2) is 4.39 Å². The minimum atomic E-state index is -4.84. The van der Waals surface area contributed by atoms with Gasteiger partial charge in [-0.3, -0.25) is 4.79 Å². The Kier molecular flexibility index (Phi) is 4.92. The SMILES string of the molecule is CC(=O)c1cc(Br)c(F)cc1OC[C@H](O)C(F)(F)F. The minimum absolute atomic E-state index is 0.0126. The van der Waals surface area contributed by atoms with Crippen LogP contribution in [0, 0.1) is 5.82 Å². The van der Waals surface area contributed by atoms with Crippen LogP contribution in [0.1, 0.15) is 17.3 Å². The first-order chi connectivity index (χ1) is 8.62. The van der Waals surface area contributed by atoms with E-state index in [1.165, 1.54) is 0 Å². The fourth-order valence-corrected chi connectivity index (χ4v) is 1.53. The lowest BCUT2D eigenvalue weighted by molar-refractivity contribution is -0.210. The van der Waals surface area contributed by atoms with Crippen molar-refractivity contribution >= 4 is 21.7 Å². The lowest BCUT2D eigenvalue weighted by Gasteiger charge is -2.16. The Labute approximate surface area is 114 Å². The normalized spacial score (nSPS) is 13.2. The summed E-state index contributed by atoms with van der Waals surface area (Å²) in [4.78, 5) is 11.3. The molecule has 0 saturated heterocycles. The van der Waals surface area contributed by atoms with Crippen molar-refractivity contribution in [2.24, 2.45) is 0 Å². The van der Waals surface area contributed by atoms with E-state index in [1.54, 1.807) is 0 Å². The highest BCUT2D eigenvalue weighted by Gasteiger charge is 2.38. The number of ketones is 1. The molecule has 0 aliphatic carbocycles. The second-order valence-electron chi connectivity index (χ2n) is 3.69. The van der Waals surface area contributed by atoms with Crippen LogP contribution in [0.25, 0.3) is 0 Å². The Morgan fingerprint density at radius 2 is 2.05 bits per heavy atom. The smallest absolute Gasteiger partial charge is 0.417 e. The van der Waals surface area contributed by atoms with Crippen molar-refractivity contribution in [3.63, 3.8) is 0 Å². The van der Waals surface area contributed by atoms with E-state index in [2.05, 4.69) is 20.7 Å². The van der Waals surface area contributed by atoms with Gasteiger partial charge in [-0.2, -0.15) is 13.2 Å². The van der Waals surface area contributed by atoms with Gasteiger partial charge in [-0.1, -0.05) is 0 Å². The van der Waals surface area contributed by atoms with E-state index >= 15 is 0 Å². The maximum atomic E-state index is 13.3. The van der Waals surface area contributed by atoms with Gasteiger partial charge in [-0.15, -0.1) is 0 Å². The fourth-order valence-electron chi connectivity index (χ4n) is 1.19. The molecule has 106 valence electrons. The molecular formula is C11H9BrF4O3. The number of ether oxygens (including phenoxy) is 1. The summed E-state index contributed by atoms with van der Waals surface area (Å²) in [6, 6.07) is 1.89. The molecule has 0 aromatic heterocycles. The van der Waals surface area contributed by atoms with Gasteiger partial charge in [0.05, 0.1) is 10.0 Å². The summed E-state index contributed by atoms with van der Waals surface area (Å²) in [7, 11) is 0. The molecule has 0 radical (unpaired) electrons. The van der Waals surface area contributed by atoms with E-state index in [9.17, 15) is 22.4 Å². The molecule has 0 spiro atoms. The van der Waals surface area contributed by atoms with Crippen molar-refractivity contribution in [2.75, 3.05) is 6.61 Å². The molecule has 1 N–H and O–H groups in total. The number of Topliss-reactive ketones (excluding diaryl/α,β-unsaturated/α-hetero) is 1. The van der Waals surface area contributed by atoms with Gasteiger partial charge in [0.25, 0.3) is 0 Å². The number of hydrogen-bond acceptors (Lipinski definition) is 3. The van der Waals surface area contributed by atoms with Gasteiger partial charge in [0, 0.05) is 6.07 Å². The highest BCUT2D eigenvalue weighted by atomic mass is 79.9. The first-order valence-electron chi connectivity index (χ1n) is 5.00. The summed E-state index contributed by atoms with van der Waals surface area (Å²) in [6.45, 7) is 0.0393. The highest BCUT2D eigenvalue weighted by Crippen LogP contribution is 2.28. The Bertz CT molecular complexity index is 488. The van der Waals surface area contributed by atoms with Crippen LogP contribution in [0.2, 0.25) is 0 Å². The average molecular weight is 345 g/mol. The van der Waals surface area contributed by atoms with Gasteiger partial charge < -0.3 is 9.84 Å². The zero-order valence-corrected chi connectivity index (χ0v) is 11.2. The zero-order chi connectivity index (χ0) is 14.8. The topological polar surface area (TPSA) is 46.5 Å². The number of carbonyl (C=O) groups excluding carboxylic acids is 1. The van der Waals surface area contributed by atoms with Crippen molar-refractivity contribution < 1.29 is 32.2 Å². The predicted molar refractivity (Wildman–Crippen MR) is 61.7 cm³/mol. The van der Waals surface area contributed by atoms with E-state index in [-0.39, 0.29) is 15.8 Å². The molecule has 0 bridgehead atoms. The van der Waals surface area contributed by atoms with Crippen LogP contribution in [0.15, 0.2) is 16.6 Å². The Hall–Kier alpha value is -1.15. The van der Waals surface area contributed by atoms with Crippen LogP contribution in [-0.2, 0) is 0 Å². The highest BCUT2D eigenvalue weighted by molar-refractivity contribution is 9.10. The molecule has 0 aliphatic rings. The van der Waals surface area contributed by atoms with E-state index in [0.717, 1.165) is 19.1 Å². The van der Waals surface area contributed by atoms with Crippen LogP contribution >= 0.6 is 15.9 Å². The Morgan fingerprint density at radius 3 is 2.53 bits per heavy atom. The number of hydrogen-bond donors (Lipinski definition) is 1. The minimum Gasteiger partial charge on any atom is -0.490 e. The number of alkyl halides is 3. The van der Waals surface area contributed by atoms with E-state index in [1.807, 2.05) is 0 Å². The first kappa shape index (κ1) is 15.9. The van der Waals surface area contributed by atoms with Gasteiger partial charge in [-0.05, 0) is 28.9 Å². The summed E-state index contributed by atoms with van der Waals surface area (Å²) in [5, 5.41) is 8.76. The van der Waals surface area contributed by atoms with Gasteiger partial charge in [0.15, 0.2) is 11.9 Å². The van der Waals surface area contributed by atoms with E-state index in [0.29, 0.717) is 0 Å². The molecule has 1 rings (SSSR count). The molecule has 19 heavy (non-hydrogen) atoms. The largest absolute Gasteiger partial charge is 0.490 e. The van der Waals surface area contributed by atoms with Gasteiger partial charge in [0.2, 0.25) is 0 Å². The van der Waals surface area contributed by atoms with Crippen molar-refractivity contribution in [3.8, 4) is 5.75 Å². The monoisotopic (exact) mass is 344 g/mol. The average Bonchev–Trinajstić information content (AvgIpc) is 2.28. The molecule has 0 heterocycles. The molecule has 0 aliphatic heterocycles. The molecule has 8 heteroatoms. The second kappa shape index (κ2) is 5.87. The summed E-state index contributed by atoms with van der Waals surface area (Å²) >= 11 is 2.85. The summed E-state index contributed by atoms with van der Waals surface area (Å²) in [5.74, 6) is -1.64. The molecule has 1 aromatic rings. The molecular weight excluding hydrogens is 336 g/mol. The van der Waals surface area contributed by atoms with Crippen LogP contribution in [-0.4, -0.2) is 29.8 Å². The van der Waals surface area contributed by atoms with E-state index < -0.39 is 30.5 Å². The Balaban J connectivity index is 2.95. The van der Waals surface area contributed by atoms with Crippen LogP contribution < -0.4 is 4.74 Å². The molecule has 0 amide bonds. The number of carbonyl (C=O) groups is 1. The fraction of sp³-hybridized carbons (Fsp3) is 0.364. The molecule has 0 saturated carbocycles. The predicted octanol–water partition coefficient (Wildman–Crippen LogP) is 3.09. The summed E-state index contributed by atoms with van der Waals surface area (Å²) in [6.07, 6.45) is -7.55. The van der Waals surface area contributed by atoms with Crippen LogP contribution in [0.4, 0.5) is 17.6 Å². The molecule has 0 unspecified atom stereocenters. The van der Waals surface area contributed by atoms with Gasteiger partial charge >= 0.3 is 6.18 Å². The zero-order valence-electron chi connectivity index (χ0n) is 9.59. The number of aliphatic hydroxyl groups is 1. The first-order valence-corrected chi connectivity index (χ1v) is 5.79. The molecule has 1 aromatic carbocycles. The molecule has 3 nitrogen and oxygen atoms in total. The van der Waals surface area contributed by atoms with Crippen molar-refractivity contribution in [1.82, 2.24) is 0 Å². The number of halogens is 5. The van der Waals surface area contributed by atoms with Crippen molar-refractivity contribution in [2.45, 2.75) is 19.2 Å². The van der Waals surface area contributed by atoms with Gasteiger partial charge in [0.1, 0.15) is 18.2 Å². The summed E-state index contributed by atoms with van der Waals surface area (Å²) in [5.41, 5.74) is -0.0809. The lowest BCUT2D eigenvalue weighted by atomic mass is 10.1. The third-order valence-electron chi connectivity index (χ3n) is 2.18. The standard InChI is InChI=1S/C11H9BrF4O3/c1-5(17)6-2-7(12)8(13)3-9(6)19-4-10(18)11(14,15)16/h2-3,10,18H,4H2,1H3/t10-/m0/s1. The Morgan fingerprint density at radius 1 is 1.47 bits per heavy atom. The van der Waals surface area contributed by atoms with Crippen LogP contribution in [0.3, 0.4) is 0 Å². The molecule has 1 atom stereocenters. The maximum Gasteiger partial charge on any atom is 0.417 e. The van der Waals surface area contributed by atoms with Crippen LogP contribution in [0.5, 0.6) is 5.75 Å². The third kappa shape index (κ3) is 4.17. The number of benzene rings is 1. The lowest BCUT2D eigenvalue weighted by Crippen LogP contribution is -2.34. The number of aliphatic hydroxyl groups excluding tert-OH is 1. The maximum absolute atomic E-state index is 13.3.